The molecule has 0 radical (unpaired) electrons. The number of hydrogen-bond acceptors (Lipinski definition) is 3. The van der Waals surface area contributed by atoms with Gasteiger partial charge in [0.05, 0.1) is 6.04 Å². The summed E-state index contributed by atoms with van der Waals surface area (Å²) in [5.74, 6) is 0.235. The van der Waals surface area contributed by atoms with Crippen LogP contribution in [-0.4, -0.2) is 29.3 Å². The third kappa shape index (κ3) is 3.58. The third-order valence-corrected chi connectivity index (χ3v) is 5.73. The van der Waals surface area contributed by atoms with Crippen LogP contribution in [0.5, 0.6) is 5.75 Å². The molecular weight excluding hydrogens is 362 g/mol. The lowest BCUT2D eigenvalue weighted by atomic mass is 9.98. The zero-order chi connectivity index (χ0) is 20.4. The summed E-state index contributed by atoms with van der Waals surface area (Å²) in [7, 11) is 0. The number of carbonyl (C=O) groups excluding carboxylic acids is 1. The molecule has 1 N–H and O–H groups in total. The number of ether oxygens (including phenoxy) is 1. The Labute approximate surface area is 171 Å². The number of nitrogens with zero attached hydrogens (tertiary/aromatic N) is 1. The van der Waals surface area contributed by atoms with E-state index in [0.717, 1.165) is 5.56 Å². The minimum absolute atomic E-state index is 0.0427. The molecule has 3 aromatic rings. The monoisotopic (exact) mass is 387 g/mol. The maximum atomic E-state index is 12.9. The van der Waals surface area contributed by atoms with E-state index in [2.05, 4.69) is 24.3 Å². The molecule has 1 amide bonds. The molecule has 0 aromatic heterocycles. The lowest BCUT2D eigenvalue weighted by molar-refractivity contribution is 0.0886. The summed E-state index contributed by atoms with van der Waals surface area (Å²) in [6.07, 6.45) is -0.342. The summed E-state index contributed by atoms with van der Waals surface area (Å²) in [6, 6.07) is 23.4. The highest BCUT2D eigenvalue weighted by molar-refractivity contribution is 5.79. The van der Waals surface area contributed by atoms with Gasteiger partial charge >= 0.3 is 6.09 Å². The van der Waals surface area contributed by atoms with E-state index in [0.29, 0.717) is 13.2 Å². The number of hydrogen-bond donors (Lipinski definition) is 1. The zero-order valence-electron chi connectivity index (χ0n) is 16.7. The van der Waals surface area contributed by atoms with Gasteiger partial charge in [-0.05, 0) is 53.8 Å². The summed E-state index contributed by atoms with van der Waals surface area (Å²) in [6.45, 7) is 4.70. The first kappa shape index (κ1) is 19.1. The molecule has 0 saturated heterocycles. The predicted molar refractivity (Wildman–Crippen MR) is 114 cm³/mol. The highest BCUT2D eigenvalue weighted by Crippen LogP contribution is 2.44. The van der Waals surface area contributed by atoms with Crippen molar-refractivity contribution in [3.8, 4) is 16.9 Å². The van der Waals surface area contributed by atoms with Crippen LogP contribution in [0.3, 0.4) is 0 Å². The Kier molecular flexibility index (Phi) is 5.26. The quantitative estimate of drug-likeness (QED) is 0.609. The van der Waals surface area contributed by atoms with Crippen LogP contribution in [0.2, 0.25) is 0 Å². The average molecular weight is 387 g/mol. The molecule has 0 saturated carbocycles. The SMILES string of the molecule is CCN(C(=O)OCC1c2ccccc2-c2ccccc21)C(C)c1cccc(O)c1. The first-order valence-corrected chi connectivity index (χ1v) is 10.0. The molecule has 4 heteroatoms. The number of phenols is 1. The van der Waals surface area contributed by atoms with Crippen molar-refractivity contribution in [2.24, 2.45) is 0 Å². The van der Waals surface area contributed by atoms with Crippen LogP contribution in [0.4, 0.5) is 4.79 Å². The Morgan fingerprint density at radius 3 is 2.21 bits per heavy atom. The summed E-state index contributed by atoms with van der Waals surface area (Å²) in [5.41, 5.74) is 5.70. The van der Waals surface area contributed by atoms with Crippen molar-refractivity contribution in [2.45, 2.75) is 25.8 Å². The van der Waals surface area contributed by atoms with Gasteiger partial charge in [-0.3, -0.25) is 0 Å². The molecule has 0 heterocycles. The standard InChI is InChI=1S/C25H25NO3/c1-3-26(17(2)18-9-8-10-19(27)15-18)25(28)29-16-24-22-13-6-4-11-20(22)21-12-5-7-14-23(21)24/h4-15,17,24,27H,3,16H2,1-2H3. The number of amides is 1. The van der Waals surface area contributed by atoms with Gasteiger partial charge in [0.2, 0.25) is 0 Å². The van der Waals surface area contributed by atoms with Crippen molar-refractivity contribution in [1.29, 1.82) is 0 Å². The first-order chi connectivity index (χ1) is 14.1. The minimum Gasteiger partial charge on any atom is -0.508 e. The maximum absolute atomic E-state index is 12.9. The van der Waals surface area contributed by atoms with Crippen LogP contribution in [0, 0.1) is 0 Å². The molecule has 29 heavy (non-hydrogen) atoms. The van der Waals surface area contributed by atoms with E-state index in [1.165, 1.54) is 22.3 Å². The lowest BCUT2D eigenvalue weighted by Gasteiger charge is -2.28. The lowest BCUT2D eigenvalue weighted by Crippen LogP contribution is -2.34. The van der Waals surface area contributed by atoms with Crippen LogP contribution >= 0.6 is 0 Å². The molecule has 0 fully saturated rings. The van der Waals surface area contributed by atoms with E-state index < -0.39 is 0 Å². The van der Waals surface area contributed by atoms with Gasteiger partial charge in [-0.2, -0.15) is 0 Å². The third-order valence-electron chi connectivity index (χ3n) is 5.73. The highest BCUT2D eigenvalue weighted by Gasteiger charge is 2.30. The van der Waals surface area contributed by atoms with Crippen LogP contribution in [0.25, 0.3) is 11.1 Å². The van der Waals surface area contributed by atoms with Gasteiger partial charge < -0.3 is 14.7 Å². The fourth-order valence-corrected chi connectivity index (χ4v) is 4.20. The molecular formula is C25H25NO3. The Morgan fingerprint density at radius 1 is 1.00 bits per heavy atom. The molecule has 0 spiro atoms. The molecule has 4 rings (SSSR count). The van der Waals surface area contributed by atoms with Gasteiger partial charge in [-0.15, -0.1) is 0 Å². The number of carbonyl (C=O) groups is 1. The summed E-state index contributed by atoms with van der Waals surface area (Å²) in [5, 5.41) is 9.75. The molecule has 1 atom stereocenters. The van der Waals surface area contributed by atoms with E-state index in [-0.39, 0.29) is 23.8 Å². The summed E-state index contributed by atoms with van der Waals surface area (Å²) in [4.78, 5) is 14.6. The molecule has 1 aliphatic rings. The second-order valence-electron chi connectivity index (χ2n) is 7.36. The van der Waals surface area contributed by atoms with Gasteiger partial charge in [0, 0.05) is 12.5 Å². The number of aromatic hydroxyl groups is 1. The normalized spacial score (nSPS) is 13.4. The fourth-order valence-electron chi connectivity index (χ4n) is 4.20. The highest BCUT2D eigenvalue weighted by atomic mass is 16.6. The predicted octanol–water partition coefficient (Wildman–Crippen LogP) is 5.72. The molecule has 1 aliphatic carbocycles. The number of rotatable bonds is 5. The molecule has 4 nitrogen and oxygen atoms in total. The summed E-state index contributed by atoms with van der Waals surface area (Å²) < 4.78 is 5.79. The number of fused-ring (bicyclic) bond motifs is 3. The van der Waals surface area contributed by atoms with Crippen molar-refractivity contribution in [3.63, 3.8) is 0 Å². The van der Waals surface area contributed by atoms with Gasteiger partial charge in [-0.1, -0.05) is 60.7 Å². The Balaban J connectivity index is 1.52. The molecule has 0 aliphatic heterocycles. The molecule has 148 valence electrons. The smallest absolute Gasteiger partial charge is 0.410 e. The number of benzene rings is 3. The van der Waals surface area contributed by atoms with Gasteiger partial charge in [0.1, 0.15) is 12.4 Å². The van der Waals surface area contributed by atoms with Crippen molar-refractivity contribution in [2.75, 3.05) is 13.2 Å². The van der Waals surface area contributed by atoms with Crippen molar-refractivity contribution >= 4 is 6.09 Å². The van der Waals surface area contributed by atoms with E-state index in [4.69, 9.17) is 4.74 Å². The Hall–Kier alpha value is -3.27. The van der Waals surface area contributed by atoms with Crippen molar-refractivity contribution in [3.05, 3.63) is 89.5 Å². The van der Waals surface area contributed by atoms with E-state index in [1.807, 2.05) is 44.2 Å². The number of phenolic OH excluding ortho intramolecular Hbond substituents is 1. The second kappa shape index (κ2) is 8.00. The van der Waals surface area contributed by atoms with Gasteiger partial charge in [0.15, 0.2) is 0 Å². The Morgan fingerprint density at radius 2 is 1.62 bits per heavy atom. The Bertz CT molecular complexity index is 984. The van der Waals surface area contributed by atoms with Crippen LogP contribution in [0.1, 0.15) is 42.5 Å². The van der Waals surface area contributed by atoms with Crippen molar-refractivity contribution < 1.29 is 14.6 Å². The largest absolute Gasteiger partial charge is 0.508 e. The zero-order valence-corrected chi connectivity index (χ0v) is 16.7. The van der Waals surface area contributed by atoms with Crippen LogP contribution in [-0.2, 0) is 4.74 Å². The van der Waals surface area contributed by atoms with Gasteiger partial charge in [-0.25, -0.2) is 4.79 Å². The van der Waals surface area contributed by atoms with E-state index >= 15 is 0 Å². The van der Waals surface area contributed by atoms with E-state index in [9.17, 15) is 9.90 Å². The molecule has 3 aromatic carbocycles. The first-order valence-electron chi connectivity index (χ1n) is 10.0. The fraction of sp³-hybridized carbons (Fsp3) is 0.240. The minimum atomic E-state index is -0.342. The van der Waals surface area contributed by atoms with E-state index in [1.54, 1.807) is 23.1 Å². The van der Waals surface area contributed by atoms with Gasteiger partial charge in [0.25, 0.3) is 0 Å². The molecule has 0 bridgehead atoms. The molecule has 1 unspecified atom stereocenters. The topological polar surface area (TPSA) is 49.8 Å². The second-order valence-corrected chi connectivity index (χ2v) is 7.36. The average Bonchev–Trinajstić information content (AvgIpc) is 3.06. The van der Waals surface area contributed by atoms with Crippen LogP contribution < -0.4 is 0 Å². The van der Waals surface area contributed by atoms with Crippen molar-refractivity contribution in [1.82, 2.24) is 4.90 Å². The van der Waals surface area contributed by atoms with Crippen LogP contribution in [0.15, 0.2) is 72.8 Å². The summed E-state index contributed by atoms with van der Waals surface area (Å²) >= 11 is 0. The maximum Gasteiger partial charge on any atom is 0.410 e.